The summed E-state index contributed by atoms with van der Waals surface area (Å²) in [6, 6.07) is 0.425. The van der Waals surface area contributed by atoms with Crippen LogP contribution in [0.2, 0.25) is 0 Å². The minimum Gasteiger partial charge on any atom is -0.600 e. The summed E-state index contributed by atoms with van der Waals surface area (Å²) in [5.41, 5.74) is 0. The molecule has 2 aliphatic rings. The lowest BCUT2D eigenvalue weighted by molar-refractivity contribution is -0.574. The lowest BCUT2D eigenvalue weighted by atomic mass is 9.98. The van der Waals surface area contributed by atoms with E-state index < -0.39 is 0 Å². The van der Waals surface area contributed by atoms with Crippen molar-refractivity contribution in [2.24, 2.45) is 5.11 Å². The first-order chi connectivity index (χ1) is 13.4. The Labute approximate surface area is 169 Å². The zero-order valence-corrected chi connectivity index (χ0v) is 18.0. The number of hydrogen-bond acceptors (Lipinski definition) is 2. The third-order valence-electron chi connectivity index (χ3n) is 6.74. The summed E-state index contributed by atoms with van der Waals surface area (Å²) in [6.07, 6.45) is 28.4. The predicted octanol–water partition coefficient (Wildman–Crippen LogP) is 8.30. The van der Waals surface area contributed by atoms with E-state index in [2.05, 4.69) is 0 Å². The third-order valence-corrected chi connectivity index (χ3v) is 6.74. The molecule has 0 heterocycles. The van der Waals surface area contributed by atoms with Gasteiger partial charge in [0, 0.05) is 12.8 Å². The quantitative estimate of drug-likeness (QED) is 0.270. The maximum atomic E-state index is 12.9. The molecule has 158 valence electrons. The van der Waals surface area contributed by atoms with Crippen LogP contribution in [0.5, 0.6) is 0 Å². The molecular formula is C24H46N2O. The molecule has 0 aliphatic heterocycles. The van der Waals surface area contributed by atoms with Crippen LogP contribution in [0.25, 0.3) is 0 Å². The molecule has 0 aromatic carbocycles. The molecule has 2 fully saturated rings. The van der Waals surface area contributed by atoms with Crippen LogP contribution in [0.15, 0.2) is 5.11 Å². The first-order valence-corrected chi connectivity index (χ1v) is 12.5. The molecule has 0 spiro atoms. The molecule has 2 rings (SSSR count). The second-order valence-electron chi connectivity index (χ2n) is 9.24. The van der Waals surface area contributed by atoms with Crippen molar-refractivity contribution in [1.82, 2.24) is 0 Å². The number of nitrogens with zero attached hydrogens (tertiary/aromatic N) is 2. The van der Waals surface area contributed by atoms with Crippen molar-refractivity contribution in [2.75, 3.05) is 0 Å². The van der Waals surface area contributed by atoms with Gasteiger partial charge in [0.25, 0.3) is 0 Å². The number of hydroxylamine groups is 1. The molecule has 0 saturated heterocycles. The minimum atomic E-state index is 0.144. The number of rotatable bonds is 2. The van der Waals surface area contributed by atoms with Crippen LogP contribution in [-0.4, -0.2) is 16.9 Å². The highest BCUT2D eigenvalue weighted by atomic mass is 16.5. The van der Waals surface area contributed by atoms with E-state index >= 15 is 0 Å². The van der Waals surface area contributed by atoms with Crippen LogP contribution < -0.4 is 0 Å². The fraction of sp³-hybridized carbons (Fsp3) is 1.00. The highest BCUT2D eigenvalue weighted by molar-refractivity contribution is 4.66. The van der Waals surface area contributed by atoms with Gasteiger partial charge in [-0.2, -0.15) is 0 Å². The highest BCUT2D eigenvalue weighted by Crippen LogP contribution is 2.22. The predicted molar refractivity (Wildman–Crippen MR) is 115 cm³/mol. The summed E-state index contributed by atoms with van der Waals surface area (Å²) < 4.78 is 0. The molecule has 0 aromatic heterocycles. The second kappa shape index (κ2) is 15.3. The van der Waals surface area contributed by atoms with Crippen molar-refractivity contribution in [3.05, 3.63) is 5.21 Å². The Morgan fingerprint density at radius 2 is 0.741 bits per heavy atom. The van der Waals surface area contributed by atoms with Gasteiger partial charge >= 0.3 is 0 Å². The van der Waals surface area contributed by atoms with E-state index in [4.69, 9.17) is 5.11 Å². The van der Waals surface area contributed by atoms with Gasteiger partial charge in [0.15, 0.2) is 6.04 Å². The molecule has 3 nitrogen and oxygen atoms in total. The first-order valence-electron chi connectivity index (χ1n) is 12.5. The van der Waals surface area contributed by atoms with Crippen LogP contribution in [0.3, 0.4) is 0 Å². The lowest BCUT2D eigenvalue weighted by Gasteiger charge is -2.18. The van der Waals surface area contributed by atoms with Gasteiger partial charge in [-0.1, -0.05) is 108 Å². The van der Waals surface area contributed by atoms with Gasteiger partial charge < -0.3 is 5.21 Å². The highest BCUT2D eigenvalue weighted by Gasteiger charge is 2.20. The van der Waals surface area contributed by atoms with Crippen molar-refractivity contribution in [1.29, 1.82) is 0 Å². The topological polar surface area (TPSA) is 38.4 Å². The van der Waals surface area contributed by atoms with Crippen LogP contribution in [0, 0.1) is 5.21 Å². The largest absolute Gasteiger partial charge is 0.600 e. The van der Waals surface area contributed by atoms with Crippen LogP contribution in [0.4, 0.5) is 0 Å². The Hall–Kier alpha value is -0.600. The molecule has 0 bridgehead atoms. The molecule has 0 N–H and O–H groups in total. The van der Waals surface area contributed by atoms with E-state index in [0.29, 0.717) is 0 Å². The van der Waals surface area contributed by atoms with Gasteiger partial charge in [-0.15, -0.1) is 0 Å². The van der Waals surface area contributed by atoms with Crippen LogP contribution in [0.1, 0.15) is 141 Å². The molecule has 2 saturated carbocycles. The van der Waals surface area contributed by atoms with Gasteiger partial charge in [-0.3, -0.25) is 0 Å². The minimum absolute atomic E-state index is 0.144. The summed E-state index contributed by atoms with van der Waals surface area (Å²) in [4.78, 5) is 1.18. The number of hydrogen-bond donors (Lipinski definition) is 0. The number of azo groups is 1. The van der Waals surface area contributed by atoms with Gasteiger partial charge in [-0.05, 0) is 30.8 Å². The summed E-state index contributed by atoms with van der Waals surface area (Å²) in [5, 5.41) is 17.6. The second-order valence-corrected chi connectivity index (χ2v) is 9.24. The molecule has 0 unspecified atom stereocenters. The van der Waals surface area contributed by atoms with Gasteiger partial charge in [0.05, 0.1) is 0 Å². The third kappa shape index (κ3) is 11.1. The van der Waals surface area contributed by atoms with Crippen LogP contribution >= 0.6 is 0 Å². The molecule has 2 aliphatic carbocycles. The maximum absolute atomic E-state index is 12.9. The summed E-state index contributed by atoms with van der Waals surface area (Å²) in [6.45, 7) is 0. The molecular weight excluding hydrogens is 332 g/mol. The molecule has 0 aromatic rings. The Kier molecular flexibility index (Phi) is 12.9. The molecule has 3 heteroatoms. The molecule has 0 atom stereocenters. The lowest BCUT2D eigenvalue weighted by Crippen LogP contribution is -2.23. The zero-order chi connectivity index (χ0) is 19.0. The average molecular weight is 379 g/mol. The van der Waals surface area contributed by atoms with E-state index in [0.717, 1.165) is 25.7 Å². The SMILES string of the molecule is [O-][N+](=NC1CCCCCCCCCCC1)C1CCCCCCCCCCC1. The van der Waals surface area contributed by atoms with Gasteiger partial charge in [0.1, 0.15) is 6.04 Å². The normalized spacial score (nSPS) is 25.6. The zero-order valence-electron chi connectivity index (χ0n) is 18.0. The van der Waals surface area contributed by atoms with E-state index in [9.17, 15) is 5.21 Å². The smallest absolute Gasteiger partial charge is 0.189 e. The summed E-state index contributed by atoms with van der Waals surface area (Å²) in [5.74, 6) is 0. The molecule has 27 heavy (non-hydrogen) atoms. The molecule has 0 amide bonds. The van der Waals surface area contributed by atoms with Gasteiger partial charge in [0.2, 0.25) is 0 Å². The van der Waals surface area contributed by atoms with E-state index in [-0.39, 0.29) is 12.1 Å². The summed E-state index contributed by atoms with van der Waals surface area (Å²) in [7, 11) is 0. The van der Waals surface area contributed by atoms with Crippen molar-refractivity contribution in [3.63, 3.8) is 0 Å². The van der Waals surface area contributed by atoms with Gasteiger partial charge in [-0.25, -0.2) is 0 Å². The Balaban J connectivity index is 1.87. The van der Waals surface area contributed by atoms with E-state index in [1.807, 2.05) is 0 Å². The van der Waals surface area contributed by atoms with E-state index in [1.165, 1.54) is 120 Å². The van der Waals surface area contributed by atoms with Crippen LogP contribution in [-0.2, 0) is 0 Å². The van der Waals surface area contributed by atoms with Crippen molar-refractivity contribution >= 4 is 0 Å². The van der Waals surface area contributed by atoms with E-state index in [1.54, 1.807) is 0 Å². The Morgan fingerprint density at radius 3 is 1.11 bits per heavy atom. The Morgan fingerprint density at radius 1 is 0.444 bits per heavy atom. The summed E-state index contributed by atoms with van der Waals surface area (Å²) >= 11 is 0. The standard InChI is InChI=1S/C24H46N2O/c27-26(24-21-17-13-9-5-2-6-10-14-18-22-24)25-23-19-15-11-7-3-1-4-8-12-16-20-23/h23-24H,1-22H2. The fourth-order valence-electron chi connectivity index (χ4n) is 4.87. The van der Waals surface area contributed by atoms with Crippen molar-refractivity contribution in [2.45, 2.75) is 153 Å². The monoisotopic (exact) mass is 378 g/mol. The molecule has 0 radical (unpaired) electrons. The van der Waals surface area contributed by atoms with Crippen molar-refractivity contribution < 1.29 is 4.86 Å². The van der Waals surface area contributed by atoms with Crippen molar-refractivity contribution in [3.8, 4) is 0 Å². The fourth-order valence-corrected chi connectivity index (χ4v) is 4.87. The first kappa shape index (κ1) is 22.7. The Bertz CT molecular complexity index is 359. The maximum Gasteiger partial charge on any atom is 0.189 e. The average Bonchev–Trinajstić information content (AvgIpc) is 2.64.